The van der Waals surface area contributed by atoms with Crippen LogP contribution in [0, 0.1) is 0 Å². The Kier molecular flexibility index (Phi) is 3.04. The number of ether oxygens (including phenoxy) is 1. The maximum atomic E-state index is 10.8. The monoisotopic (exact) mass is 201 g/mol. The first kappa shape index (κ1) is 11.3. The van der Waals surface area contributed by atoms with Gasteiger partial charge in [0.1, 0.15) is 0 Å². The summed E-state index contributed by atoms with van der Waals surface area (Å²) in [5.41, 5.74) is -0.196. The summed E-state index contributed by atoms with van der Waals surface area (Å²) in [5.74, 6) is 0. The molecule has 14 heavy (non-hydrogen) atoms. The number of likely N-dealkylation sites (tertiary alicyclic amines) is 1. The van der Waals surface area contributed by atoms with E-state index in [-0.39, 0.29) is 17.7 Å². The minimum atomic E-state index is -0.850. The zero-order chi connectivity index (χ0) is 10.9. The van der Waals surface area contributed by atoms with Crippen molar-refractivity contribution in [3.8, 4) is 0 Å². The van der Waals surface area contributed by atoms with E-state index in [0.29, 0.717) is 6.54 Å². The van der Waals surface area contributed by atoms with E-state index in [0.717, 1.165) is 6.42 Å². The highest BCUT2D eigenvalue weighted by atomic mass is 16.5. The number of carboxylic acid groups (broad SMARTS) is 1. The Morgan fingerprint density at radius 3 is 2.43 bits per heavy atom. The average molecular weight is 201 g/mol. The summed E-state index contributed by atoms with van der Waals surface area (Å²) in [4.78, 5) is 12.2. The lowest BCUT2D eigenvalue weighted by molar-refractivity contribution is -0.0535. The highest BCUT2D eigenvalue weighted by Crippen LogP contribution is 2.23. The predicted octanol–water partition coefficient (Wildman–Crippen LogP) is 1.94. The van der Waals surface area contributed by atoms with Gasteiger partial charge in [-0.25, -0.2) is 4.79 Å². The number of hydrogen-bond donors (Lipinski definition) is 1. The summed E-state index contributed by atoms with van der Waals surface area (Å²) < 4.78 is 5.74. The number of nitrogens with zero attached hydrogens (tertiary/aromatic N) is 1. The molecular formula is C10H19NO3. The van der Waals surface area contributed by atoms with E-state index in [9.17, 15) is 4.79 Å². The fraction of sp³-hybridized carbons (Fsp3) is 0.900. The van der Waals surface area contributed by atoms with Gasteiger partial charge in [-0.3, -0.25) is 0 Å². The van der Waals surface area contributed by atoms with Crippen molar-refractivity contribution in [2.75, 3.05) is 6.54 Å². The number of amides is 1. The van der Waals surface area contributed by atoms with E-state index >= 15 is 0 Å². The molecule has 1 saturated heterocycles. The summed E-state index contributed by atoms with van der Waals surface area (Å²) in [6.45, 7) is 8.37. The lowest BCUT2D eigenvalue weighted by Gasteiger charge is -2.24. The Balaban J connectivity index is 2.51. The maximum Gasteiger partial charge on any atom is 0.407 e. The molecule has 0 unspecified atom stereocenters. The van der Waals surface area contributed by atoms with Crippen molar-refractivity contribution >= 4 is 6.09 Å². The molecule has 0 bridgehead atoms. The molecule has 0 spiro atoms. The molecule has 4 heteroatoms. The first-order valence-electron chi connectivity index (χ1n) is 4.97. The largest absolute Gasteiger partial charge is 0.465 e. The summed E-state index contributed by atoms with van der Waals surface area (Å²) in [7, 11) is 0. The molecule has 4 nitrogen and oxygen atoms in total. The van der Waals surface area contributed by atoms with Gasteiger partial charge in [-0.2, -0.15) is 0 Å². The van der Waals surface area contributed by atoms with Crippen LogP contribution in [-0.4, -0.2) is 40.4 Å². The molecule has 1 amide bonds. The second-order valence-electron chi connectivity index (χ2n) is 4.87. The van der Waals surface area contributed by atoms with Crippen molar-refractivity contribution in [3.05, 3.63) is 0 Å². The third-order valence-corrected chi connectivity index (χ3v) is 2.30. The average Bonchev–Trinajstić information content (AvgIpc) is 2.26. The third-order valence-electron chi connectivity index (χ3n) is 2.30. The van der Waals surface area contributed by atoms with Crippen molar-refractivity contribution in [1.29, 1.82) is 0 Å². The smallest absolute Gasteiger partial charge is 0.407 e. The Labute approximate surface area is 84.8 Å². The van der Waals surface area contributed by atoms with Crippen LogP contribution in [0.4, 0.5) is 4.79 Å². The van der Waals surface area contributed by atoms with Gasteiger partial charge in [0.2, 0.25) is 0 Å². The van der Waals surface area contributed by atoms with E-state index in [1.807, 2.05) is 27.7 Å². The van der Waals surface area contributed by atoms with Gasteiger partial charge in [-0.15, -0.1) is 0 Å². The summed E-state index contributed by atoms with van der Waals surface area (Å²) >= 11 is 0. The molecule has 0 aromatic rings. The van der Waals surface area contributed by atoms with Crippen LogP contribution < -0.4 is 0 Å². The summed E-state index contributed by atoms with van der Waals surface area (Å²) in [6.07, 6.45) is -0.0116. The molecule has 0 aromatic carbocycles. The van der Waals surface area contributed by atoms with E-state index in [4.69, 9.17) is 9.84 Å². The van der Waals surface area contributed by atoms with Crippen LogP contribution in [0.1, 0.15) is 34.1 Å². The van der Waals surface area contributed by atoms with Crippen LogP contribution in [0.3, 0.4) is 0 Å². The van der Waals surface area contributed by atoms with Gasteiger partial charge in [0.25, 0.3) is 0 Å². The van der Waals surface area contributed by atoms with Gasteiger partial charge in [0.05, 0.1) is 18.2 Å². The number of rotatable bonds is 1. The van der Waals surface area contributed by atoms with E-state index in [2.05, 4.69) is 0 Å². The van der Waals surface area contributed by atoms with Gasteiger partial charge in [-0.1, -0.05) is 0 Å². The van der Waals surface area contributed by atoms with E-state index in [1.165, 1.54) is 4.90 Å². The minimum absolute atomic E-state index is 0.0427. The minimum Gasteiger partial charge on any atom is -0.465 e. The second-order valence-corrected chi connectivity index (χ2v) is 4.87. The van der Waals surface area contributed by atoms with Gasteiger partial charge in [0.15, 0.2) is 0 Å². The Bertz CT molecular complexity index is 222. The standard InChI is InChI=1S/C10H19NO3/c1-7-5-8(14-10(2,3)4)6-11(7)9(12)13/h7-8H,5-6H2,1-4H3,(H,12,13)/t7-,8+/m1/s1. The fourth-order valence-corrected chi connectivity index (χ4v) is 1.83. The highest BCUT2D eigenvalue weighted by molar-refractivity contribution is 5.65. The molecule has 1 fully saturated rings. The molecule has 1 rings (SSSR count). The highest BCUT2D eigenvalue weighted by Gasteiger charge is 2.34. The fourth-order valence-electron chi connectivity index (χ4n) is 1.83. The normalized spacial score (nSPS) is 28.1. The first-order valence-corrected chi connectivity index (χ1v) is 4.97. The lowest BCUT2D eigenvalue weighted by atomic mass is 10.1. The zero-order valence-corrected chi connectivity index (χ0v) is 9.28. The topological polar surface area (TPSA) is 49.8 Å². The number of hydrogen-bond acceptors (Lipinski definition) is 2. The summed E-state index contributed by atoms with van der Waals surface area (Å²) in [5, 5.41) is 8.87. The van der Waals surface area contributed by atoms with Gasteiger partial charge in [-0.05, 0) is 34.1 Å². The molecule has 0 aromatic heterocycles. The Hall–Kier alpha value is -0.770. The van der Waals surface area contributed by atoms with Crippen molar-refractivity contribution < 1.29 is 14.6 Å². The number of carbonyl (C=O) groups is 1. The lowest BCUT2D eigenvalue weighted by Crippen LogP contribution is -2.34. The molecule has 0 aliphatic carbocycles. The molecule has 1 heterocycles. The van der Waals surface area contributed by atoms with Crippen LogP contribution in [0.5, 0.6) is 0 Å². The molecular weight excluding hydrogens is 182 g/mol. The van der Waals surface area contributed by atoms with Crippen LogP contribution in [-0.2, 0) is 4.74 Å². The van der Waals surface area contributed by atoms with Gasteiger partial charge < -0.3 is 14.7 Å². The zero-order valence-electron chi connectivity index (χ0n) is 9.28. The van der Waals surface area contributed by atoms with Crippen LogP contribution >= 0.6 is 0 Å². The first-order chi connectivity index (χ1) is 6.29. The maximum absolute atomic E-state index is 10.8. The van der Waals surface area contributed by atoms with E-state index in [1.54, 1.807) is 0 Å². The molecule has 0 radical (unpaired) electrons. The SMILES string of the molecule is C[C@@H]1C[C@H](OC(C)(C)C)CN1C(=O)O. The van der Waals surface area contributed by atoms with Crippen molar-refractivity contribution in [3.63, 3.8) is 0 Å². The quantitative estimate of drug-likeness (QED) is 0.705. The molecule has 1 aliphatic rings. The van der Waals surface area contributed by atoms with Crippen molar-refractivity contribution in [2.45, 2.75) is 51.9 Å². The Morgan fingerprint density at radius 1 is 1.50 bits per heavy atom. The van der Waals surface area contributed by atoms with Crippen molar-refractivity contribution in [2.24, 2.45) is 0 Å². The Morgan fingerprint density at radius 2 is 2.07 bits per heavy atom. The molecule has 82 valence electrons. The van der Waals surface area contributed by atoms with Crippen molar-refractivity contribution in [1.82, 2.24) is 4.90 Å². The van der Waals surface area contributed by atoms with Gasteiger partial charge in [0, 0.05) is 6.04 Å². The summed E-state index contributed by atoms with van der Waals surface area (Å²) in [6, 6.07) is 0.0693. The molecule has 1 N–H and O–H groups in total. The molecule has 0 saturated carbocycles. The predicted molar refractivity (Wildman–Crippen MR) is 53.4 cm³/mol. The third kappa shape index (κ3) is 2.87. The van der Waals surface area contributed by atoms with E-state index < -0.39 is 6.09 Å². The van der Waals surface area contributed by atoms with Gasteiger partial charge >= 0.3 is 6.09 Å². The van der Waals surface area contributed by atoms with Crippen LogP contribution in [0.2, 0.25) is 0 Å². The molecule has 1 aliphatic heterocycles. The molecule has 2 atom stereocenters. The van der Waals surface area contributed by atoms with Crippen LogP contribution in [0.25, 0.3) is 0 Å². The second kappa shape index (κ2) is 3.77. The van der Waals surface area contributed by atoms with Crippen LogP contribution in [0.15, 0.2) is 0 Å².